The monoisotopic (exact) mass is 356 g/mol. The van der Waals surface area contributed by atoms with Gasteiger partial charge in [-0.25, -0.2) is 4.39 Å². The van der Waals surface area contributed by atoms with Crippen LogP contribution in [0.1, 0.15) is 32.5 Å². The lowest BCUT2D eigenvalue weighted by Crippen LogP contribution is -2.10. The van der Waals surface area contributed by atoms with Crippen molar-refractivity contribution >= 4 is 23.2 Å². The molecule has 0 bridgehead atoms. The van der Waals surface area contributed by atoms with Gasteiger partial charge in [-0.1, -0.05) is 37.0 Å². The van der Waals surface area contributed by atoms with Gasteiger partial charge in [-0.2, -0.15) is 0 Å². The van der Waals surface area contributed by atoms with Gasteiger partial charge in [-0.15, -0.1) is 0 Å². The molecule has 0 aliphatic carbocycles. The zero-order valence-electron chi connectivity index (χ0n) is 13.2. The third-order valence-electron chi connectivity index (χ3n) is 3.18. The molecule has 2 N–H and O–H groups in total. The van der Waals surface area contributed by atoms with Crippen LogP contribution >= 0.6 is 23.2 Å². The molecule has 0 radical (unpaired) electrons. The van der Waals surface area contributed by atoms with Crippen molar-refractivity contribution in [1.29, 1.82) is 0 Å². The van der Waals surface area contributed by atoms with Crippen LogP contribution in [0.4, 0.5) is 4.39 Å². The quantitative estimate of drug-likeness (QED) is 0.795. The first kappa shape index (κ1) is 18.0. The van der Waals surface area contributed by atoms with Gasteiger partial charge in [-0.3, -0.25) is 4.98 Å². The first-order chi connectivity index (χ1) is 10.8. The highest BCUT2D eigenvalue weighted by Crippen LogP contribution is 2.39. The fraction of sp³-hybridized carbons (Fsp3) is 0.353. The average molecular weight is 357 g/mol. The van der Waals surface area contributed by atoms with Crippen molar-refractivity contribution < 1.29 is 9.13 Å². The van der Waals surface area contributed by atoms with Gasteiger partial charge < -0.3 is 10.5 Å². The molecule has 0 saturated heterocycles. The minimum atomic E-state index is -0.483. The van der Waals surface area contributed by atoms with Crippen molar-refractivity contribution in [2.75, 3.05) is 6.61 Å². The predicted octanol–water partition coefficient (Wildman–Crippen LogP) is 5.25. The van der Waals surface area contributed by atoms with Crippen LogP contribution in [0.5, 0.6) is 5.75 Å². The van der Waals surface area contributed by atoms with Crippen LogP contribution in [0.3, 0.4) is 0 Å². The third-order valence-corrected chi connectivity index (χ3v) is 3.68. The Kier molecular flexibility index (Phi) is 5.84. The molecule has 0 spiro atoms. The van der Waals surface area contributed by atoms with E-state index in [-0.39, 0.29) is 5.69 Å². The largest absolute Gasteiger partial charge is 0.491 e. The molecule has 3 nitrogen and oxygen atoms in total. The number of hydrogen-bond acceptors (Lipinski definition) is 3. The van der Waals surface area contributed by atoms with E-state index in [2.05, 4.69) is 4.98 Å². The smallest absolute Gasteiger partial charge is 0.146 e. The second-order valence-electron chi connectivity index (χ2n) is 5.85. The number of pyridine rings is 1. The first-order valence-electron chi connectivity index (χ1n) is 7.32. The Morgan fingerprint density at radius 1 is 1.22 bits per heavy atom. The minimum absolute atomic E-state index is 0.214. The Hall–Kier alpha value is -1.36. The molecule has 0 aliphatic rings. The van der Waals surface area contributed by atoms with Crippen LogP contribution in [0.15, 0.2) is 24.4 Å². The summed E-state index contributed by atoms with van der Waals surface area (Å²) in [5.41, 5.74) is 7.05. The Morgan fingerprint density at radius 2 is 1.91 bits per heavy atom. The van der Waals surface area contributed by atoms with Crippen LogP contribution in [0, 0.1) is 11.7 Å². The molecule has 1 atom stereocenters. The number of nitrogens with two attached hydrogens (primary N) is 1. The highest BCUT2D eigenvalue weighted by molar-refractivity contribution is 6.36. The predicted molar refractivity (Wildman–Crippen MR) is 92.6 cm³/mol. The van der Waals surface area contributed by atoms with Gasteiger partial charge >= 0.3 is 0 Å². The second-order valence-corrected chi connectivity index (χ2v) is 6.69. The number of aromatic nitrogens is 1. The zero-order valence-corrected chi connectivity index (χ0v) is 14.7. The summed E-state index contributed by atoms with van der Waals surface area (Å²) in [6, 6.07) is 4.17. The molecule has 0 unspecified atom stereocenters. The maximum Gasteiger partial charge on any atom is 0.146 e. The summed E-state index contributed by atoms with van der Waals surface area (Å²) in [6.45, 7) is 6.23. The maximum absolute atomic E-state index is 14.2. The normalized spacial score (nSPS) is 12.5. The Labute approximate surface area is 145 Å². The summed E-state index contributed by atoms with van der Waals surface area (Å²) in [5, 5.41) is 0.823. The fourth-order valence-corrected chi connectivity index (χ4v) is 2.65. The lowest BCUT2D eigenvalue weighted by molar-refractivity contribution is 0.272. The minimum Gasteiger partial charge on any atom is -0.491 e. The molecular weight excluding hydrogens is 338 g/mol. The van der Waals surface area contributed by atoms with Gasteiger partial charge in [0.2, 0.25) is 0 Å². The van der Waals surface area contributed by atoms with E-state index in [0.29, 0.717) is 39.4 Å². The molecule has 1 aromatic heterocycles. The van der Waals surface area contributed by atoms with Crippen molar-refractivity contribution in [3.8, 4) is 16.9 Å². The summed E-state index contributed by atoms with van der Waals surface area (Å²) in [7, 11) is 0. The molecule has 0 saturated carbocycles. The molecule has 2 aromatic rings. The van der Waals surface area contributed by atoms with Crippen molar-refractivity contribution in [3.05, 3.63) is 46.0 Å². The summed E-state index contributed by atoms with van der Waals surface area (Å²) in [4.78, 5) is 4.11. The van der Waals surface area contributed by atoms with Crippen LogP contribution < -0.4 is 10.5 Å². The van der Waals surface area contributed by atoms with E-state index in [4.69, 9.17) is 33.7 Å². The van der Waals surface area contributed by atoms with Crippen molar-refractivity contribution in [1.82, 2.24) is 4.98 Å². The first-order valence-corrected chi connectivity index (χ1v) is 8.08. The van der Waals surface area contributed by atoms with Gasteiger partial charge in [0.15, 0.2) is 0 Å². The molecule has 2 rings (SSSR count). The van der Waals surface area contributed by atoms with Gasteiger partial charge in [0.1, 0.15) is 11.6 Å². The number of halogens is 3. The number of rotatable bonds is 5. The molecule has 0 fully saturated rings. The van der Waals surface area contributed by atoms with E-state index in [9.17, 15) is 4.39 Å². The lowest BCUT2D eigenvalue weighted by atomic mass is 10.0. The van der Waals surface area contributed by atoms with Crippen molar-refractivity contribution in [2.45, 2.75) is 26.8 Å². The van der Waals surface area contributed by atoms with Crippen LogP contribution in [-0.4, -0.2) is 11.6 Å². The molecule has 1 aromatic carbocycles. The second kappa shape index (κ2) is 7.47. The Bertz CT molecular complexity index is 705. The molecule has 1 heterocycles. The molecule has 124 valence electrons. The number of benzene rings is 1. The average Bonchev–Trinajstić information content (AvgIpc) is 2.44. The van der Waals surface area contributed by atoms with Gasteiger partial charge in [-0.05, 0) is 31.0 Å². The maximum atomic E-state index is 14.2. The van der Waals surface area contributed by atoms with Gasteiger partial charge in [0.25, 0.3) is 0 Å². The summed E-state index contributed by atoms with van der Waals surface area (Å²) >= 11 is 12.3. The SMILES string of the molecule is CC(C)COc1c(Cl)cc(Cl)cc1-c1cnc([C@@H](C)N)c(F)c1. The Balaban J connectivity index is 2.51. The van der Waals surface area contributed by atoms with Crippen molar-refractivity contribution in [3.63, 3.8) is 0 Å². The van der Waals surface area contributed by atoms with Crippen LogP contribution in [-0.2, 0) is 0 Å². The molecule has 23 heavy (non-hydrogen) atoms. The molecule has 0 aliphatic heterocycles. The fourth-order valence-electron chi connectivity index (χ4n) is 2.10. The summed E-state index contributed by atoms with van der Waals surface area (Å²) in [5.74, 6) is 0.327. The standard InChI is InChI=1S/C17H19Cl2FN2O/c1-9(2)8-23-17-13(5-12(18)6-14(17)19)11-4-15(20)16(10(3)21)22-7-11/h4-7,9-10H,8,21H2,1-3H3/t10-/m1/s1. The van der Waals surface area contributed by atoms with Crippen LogP contribution in [0.2, 0.25) is 10.0 Å². The summed E-state index contributed by atoms with van der Waals surface area (Å²) < 4.78 is 20.0. The van der Waals surface area contributed by atoms with E-state index in [1.165, 1.54) is 6.07 Å². The van der Waals surface area contributed by atoms with E-state index in [0.717, 1.165) is 0 Å². The summed E-state index contributed by atoms with van der Waals surface area (Å²) in [6.07, 6.45) is 1.55. The highest BCUT2D eigenvalue weighted by Gasteiger charge is 2.16. The van der Waals surface area contributed by atoms with Gasteiger partial charge in [0, 0.05) is 28.4 Å². The van der Waals surface area contributed by atoms with Crippen LogP contribution in [0.25, 0.3) is 11.1 Å². The molecule has 6 heteroatoms. The number of hydrogen-bond donors (Lipinski definition) is 1. The Morgan fingerprint density at radius 3 is 2.48 bits per heavy atom. The molecule has 0 amide bonds. The number of ether oxygens (including phenoxy) is 1. The van der Waals surface area contributed by atoms with Gasteiger partial charge in [0.05, 0.1) is 17.3 Å². The third kappa shape index (κ3) is 4.34. The zero-order chi connectivity index (χ0) is 17.1. The highest BCUT2D eigenvalue weighted by atomic mass is 35.5. The van der Waals surface area contributed by atoms with E-state index in [1.807, 2.05) is 13.8 Å². The topological polar surface area (TPSA) is 48.1 Å². The van der Waals surface area contributed by atoms with Crippen molar-refractivity contribution in [2.24, 2.45) is 11.7 Å². The van der Waals surface area contributed by atoms with E-state index >= 15 is 0 Å². The number of nitrogens with zero attached hydrogens (tertiary/aromatic N) is 1. The molecular formula is C17H19Cl2FN2O. The lowest BCUT2D eigenvalue weighted by Gasteiger charge is -2.16. The van der Waals surface area contributed by atoms with E-state index in [1.54, 1.807) is 25.3 Å². The van der Waals surface area contributed by atoms with E-state index < -0.39 is 11.9 Å².